The monoisotopic (exact) mass is 311 g/mol. The summed E-state index contributed by atoms with van der Waals surface area (Å²) in [5.41, 5.74) is 2.69. The van der Waals surface area contributed by atoms with E-state index in [1.54, 1.807) is 0 Å². The van der Waals surface area contributed by atoms with Crippen LogP contribution >= 0.6 is 0 Å². The SMILES string of the molecule is CC.Cc1ccccc1Oc1c(C)cc(F)cc1C.[V]. The Morgan fingerprint density at radius 2 is 1.35 bits per heavy atom. The second-order valence-electron chi connectivity index (χ2n) is 4.24. The first-order chi connectivity index (χ1) is 9.08. The molecule has 0 aliphatic heterocycles. The van der Waals surface area contributed by atoms with Gasteiger partial charge in [0.2, 0.25) is 0 Å². The molecule has 0 saturated carbocycles. The Morgan fingerprint density at radius 3 is 1.85 bits per heavy atom. The summed E-state index contributed by atoms with van der Waals surface area (Å²) < 4.78 is 19.0. The van der Waals surface area contributed by atoms with Gasteiger partial charge < -0.3 is 4.74 Å². The summed E-state index contributed by atoms with van der Waals surface area (Å²) in [7, 11) is 0. The molecule has 0 unspecified atom stereocenters. The van der Waals surface area contributed by atoms with Crippen molar-refractivity contribution in [3.63, 3.8) is 0 Å². The minimum Gasteiger partial charge on any atom is -0.457 e. The molecular formula is C17H21FOV. The molecule has 0 aliphatic carbocycles. The Bertz CT molecular complexity index is 529. The fourth-order valence-corrected chi connectivity index (χ4v) is 1.84. The van der Waals surface area contributed by atoms with E-state index < -0.39 is 0 Å². The smallest absolute Gasteiger partial charge is 0.133 e. The fourth-order valence-electron chi connectivity index (χ4n) is 1.84. The molecule has 0 aliphatic rings. The average molecular weight is 311 g/mol. The number of para-hydroxylation sites is 1. The molecule has 0 heterocycles. The maximum absolute atomic E-state index is 13.2. The molecule has 2 rings (SSSR count). The number of aryl methyl sites for hydroxylation is 3. The van der Waals surface area contributed by atoms with Gasteiger partial charge in [0.05, 0.1) is 0 Å². The first-order valence-electron chi connectivity index (χ1n) is 6.58. The van der Waals surface area contributed by atoms with Crippen LogP contribution in [0.4, 0.5) is 4.39 Å². The van der Waals surface area contributed by atoms with Crippen LogP contribution in [-0.2, 0) is 18.6 Å². The van der Waals surface area contributed by atoms with Crippen molar-refractivity contribution in [3.05, 3.63) is 58.9 Å². The van der Waals surface area contributed by atoms with Crippen molar-refractivity contribution >= 4 is 0 Å². The first kappa shape index (κ1) is 18.8. The largest absolute Gasteiger partial charge is 0.457 e. The molecule has 0 aromatic heterocycles. The molecule has 0 amide bonds. The van der Waals surface area contributed by atoms with Gasteiger partial charge >= 0.3 is 0 Å². The van der Waals surface area contributed by atoms with Crippen LogP contribution in [-0.4, -0.2) is 0 Å². The third-order valence-electron chi connectivity index (χ3n) is 2.73. The van der Waals surface area contributed by atoms with Crippen LogP contribution in [0.3, 0.4) is 0 Å². The molecule has 0 bridgehead atoms. The third kappa shape index (κ3) is 4.70. The summed E-state index contributed by atoms with van der Waals surface area (Å²) in [6.07, 6.45) is 0. The van der Waals surface area contributed by atoms with E-state index in [1.165, 1.54) is 12.1 Å². The number of benzene rings is 2. The van der Waals surface area contributed by atoms with Crippen molar-refractivity contribution in [1.82, 2.24) is 0 Å². The molecular weight excluding hydrogens is 290 g/mol. The molecule has 2 aromatic carbocycles. The fraction of sp³-hybridized carbons (Fsp3) is 0.294. The Kier molecular flexibility index (Phi) is 8.28. The molecule has 2 aromatic rings. The molecule has 0 spiro atoms. The summed E-state index contributed by atoms with van der Waals surface area (Å²) in [6, 6.07) is 10.8. The number of halogens is 1. The summed E-state index contributed by atoms with van der Waals surface area (Å²) in [6.45, 7) is 9.69. The number of rotatable bonds is 2. The molecule has 1 radical (unpaired) electrons. The van der Waals surface area contributed by atoms with Gasteiger partial charge in [0, 0.05) is 18.6 Å². The summed E-state index contributed by atoms with van der Waals surface area (Å²) in [5, 5.41) is 0. The zero-order valence-electron chi connectivity index (χ0n) is 12.7. The van der Waals surface area contributed by atoms with Gasteiger partial charge in [-0.25, -0.2) is 4.39 Å². The molecule has 20 heavy (non-hydrogen) atoms. The summed E-state index contributed by atoms with van der Waals surface area (Å²) in [5.74, 6) is 1.32. The van der Waals surface area contributed by atoms with Crippen LogP contribution in [0.25, 0.3) is 0 Å². The van der Waals surface area contributed by atoms with Gasteiger partial charge in [-0.3, -0.25) is 0 Å². The third-order valence-corrected chi connectivity index (χ3v) is 2.73. The molecule has 107 valence electrons. The van der Waals surface area contributed by atoms with Gasteiger partial charge in [-0.2, -0.15) is 0 Å². The topological polar surface area (TPSA) is 9.23 Å². The van der Waals surface area contributed by atoms with Crippen molar-refractivity contribution in [2.24, 2.45) is 0 Å². The summed E-state index contributed by atoms with van der Waals surface area (Å²) in [4.78, 5) is 0. The van der Waals surface area contributed by atoms with Crippen LogP contribution in [0.2, 0.25) is 0 Å². The Labute approximate surface area is 133 Å². The van der Waals surface area contributed by atoms with Crippen LogP contribution in [0.15, 0.2) is 36.4 Å². The van der Waals surface area contributed by atoms with E-state index in [1.807, 2.05) is 58.9 Å². The van der Waals surface area contributed by atoms with Crippen LogP contribution in [0.1, 0.15) is 30.5 Å². The van der Waals surface area contributed by atoms with E-state index >= 15 is 0 Å². The first-order valence-corrected chi connectivity index (χ1v) is 6.58. The van der Waals surface area contributed by atoms with Gasteiger partial charge in [-0.1, -0.05) is 32.0 Å². The van der Waals surface area contributed by atoms with E-state index in [0.717, 1.165) is 28.2 Å². The van der Waals surface area contributed by atoms with Crippen molar-refractivity contribution in [2.45, 2.75) is 34.6 Å². The van der Waals surface area contributed by atoms with Gasteiger partial charge in [0.15, 0.2) is 0 Å². The second kappa shape index (κ2) is 8.83. The Morgan fingerprint density at radius 1 is 0.850 bits per heavy atom. The average Bonchev–Trinajstić information content (AvgIpc) is 2.38. The Balaban J connectivity index is 0.00000115. The van der Waals surface area contributed by atoms with Crippen LogP contribution in [0, 0.1) is 26.6 Å². The normalized spacial score (nSPS) is 9.10. The predicted octanol–water partition coefficient (Wildman–Crippen LogP) is 5.57. The minimum absolute atomic E-state index is 0. The quantitative estimate of drug-likeness (QED) is 0.705. The minimum atomic E-state index is -0.225. The van der Waals surface area contributed by atoms with E-state index in [2.05, 4.69) is 0 Å². The van der Waals surface area contributed by atoms with Gasteiger partial charge in [-0.15, -0.1) is 0 Å². The van der Waals surface area contributed by atoms with E-state index in [-0.39, 0.29) is 24.4 Å². The number of ether oxygens (including phenoxy) is 1. The maximum Gasteiger partial charge on any atom is 0.133 e. The molecule has 1 nitrogen and oxygen atoms in total. The number of hydrogen-bond acceptors (Lipinski definition) is 1. The second-order valence-corrected chi connectivity index (χ2v) is 4.24. The number of hydrogen-bond donors (Lipinski definition) is 0. The molecule has 0 atom stereocenters. The van der Waals surface area contributed by atoms with E-state index in [9.17, 15) is 4.39 Å². The Hall–Kier alpha value is -1.25. The predicted molar refractivity (Wildman–Crippen MR) is 78.5 cm³/mol. The van der Waals surface area contributed by atoms with Crippen LogP contribution < -0.4 is 4.74 Å². The van der Waals surface area contributed by atoms with E-state index in [0.29, 0.717) is 0 Å². The van der Waals surface area contributed by atoms with E-state index in [4.69, 9.17) is 4.74 Å². The molecule has 0 N–H and O–H groups in total. The molecule has 0 fully saturated rings. The van der Waals surface area contributed by atoms with Gasteiger partial charge in [-0.05, 0) is 55.7 Å². The van der Waals surface area contributed by atoms with Crippen molar-refractivity contribution in [2.75, 3.05) is 0 Å². The van der Waals surface area contributed by atoms with Gasteiger partial charge in [0.1, 0.15) is 17.3 Å². The molecule has 0 saturated heterocycles. The van der Waals surface area contributed by atoms with Crippen LogP contribution in [0.5, 0.6) is 11.5 Å². The zero-order valence-corrected chi connectivity index (χ0v) is 14.1. The van der Waals surface area contributed by atoms with Crippen molar-refractivity contribution in [1.29, 1.82) is 0 Å². The van der Waals surface area contributed by atoms with Crippen molar-refractivity contribution in [3.8, 4) is 11.5 Å². The van der Waals surface area contributed by atoms with Gasteiger partial charge in [0.25, 0.3) is 0 Å². The zero-order chi connectivity index (χ0) is 14.4. The van der Waals surface area contributed by atoms with Crippen molar-refractivity contribution < 1.29 is 27.7 Å². The standard InChI is InChI=1S/C15H15FO.C2H6.V/c1-10-6-4-5-7-14(10)17-15-11(2)8-13(16)9-12(15)3;1-2;/h4-9H,1-3H3;1-2H3;. The summed E-state index contributed by atoms with van der Waals surface area (Å²) >= 11 is 0. The maximum atomic E-state index is 13.2. The molecule has 3 heteroatoms.